The van der Waals surface area contributed by atoms with Crippen LogP contribution in [0.3, 0.4) is 0 Å². The fraction of sp³-hybridized carbons (Fsp3) is 0.406. The summed E-state index contributed by atoms with van der Waals surface area (Å²) in [6, 6.07) is 16.3. The van der Waals surface area contributed by atoms with Crippen molar-refractivity contribution in [1.82, 2.24) is 0 Å². The highest BCUT2D eigenvalue weighted by Crippen LogP contribution is 2.44. The van der Waals surface area contributed by atoms with E-state index in [9.17, 15) is 5.11 Å². The third-order valence-corrected chi connectivity index (χ3v) is 8.65. The van der Waals surface area contributed by atoms with Crippen LogP contribution < -0.4 is 20.9 Å². The van der Waals surface area contributed by atoms with Crippen molar-refractivity contribution in [1.29, 1.82) is 0 Å². The van der Waals surface area contributed by atoms with Crippen molar-refractivity contribution in [2.24, 2.45) is 16.5 Å². The van der Waals surface area contributed by atoms with Crippen molar-refractivity contribution in [3.63, 3.8) is 0 Å². The number of halogens is 1. The Morgan fingerprint density at radius 3 is 2.38 bits per heavy atom. The minimum absolute atomic E-state index is 0. The number of aryl methyl sites for hydroxylation is 1. The molecule has 4 rings (SSSR count). The molecule has 216 valence electrons. The molecule has 3 aromatic carbocycles. The smallest absolute Gasteiger partial charge is 0.191 e. The van der Waals surface area contributed by atoms with Crippen LogP contribution in [-0.2, 0) is 12.8 Å². The molecule has 0 bridgehead atoms. The Hall–Kier alpha value is -3.03. The number of benzene rings is 3. The van der Waals surface area contributed by atoms with E-state index in [0.29, 0.717) is 12.4 Å². The third-order valence-electron chi connectivity index (χ3n) is 7.64. The number of hydrogen-bond donors (Lipinski definition) is 3. The summed E-state index contributed by atoms with van der Waals surface area (Å²) in [5, 5.41) is 10.4. The Balaban J connectivity index is 0.00000441. The molecule has 6 nitrogen and oxygen atoms in total. The Labute approximate surface area is 249 Å². The standard InChI is InChI=1S/C32H41N3O3S.ClH/c1-21-22(2)30-28(23(3)29(21)36)15-18-32(4,38-30)17-5-6-19-37-26-11-7-24(8-12-26)16-20-39-27-13-9-25(10-14-27)35-31(33)34;/h7-14,36H,5-6,15-20H2,1-4H3,(H4,33,34,35);1H. The molecular weight excluding hydrogens is 542 g/mol. The molecule has 1 heterocycles. The zero-order chi connectivity index (χ0) is 28.0. The zero-order valence-corrected chi connectivity index (χ0v) is 25.6. The molecule has 0 radical (unpaired) electrons. The molecule has 1 atom stereocenters. The molecule has 3 aromatic rings. The zero-order valence-electron chi connectivity index (χ0n) is 24.0. The van der Waals surface area contributed by atoms with Crippen molar-refractivity contribution in [3.05, 3.63) is 76.3 Å². The lowest BCUT2D eigenvalue weighted by atomic mass is 9.85. The van der Waals surface area contributed by atoms with Crippen molar-refractivity contribution in [3.8, 4) is 17.2 Å². The number of phenols is 1. The lowest BCUT2D eigenvalue weighted by Crippen LogP contribution is -2.37. The molecule has 0 saturated carbocycles. The molecular formula is C32H42ClN3O3S. The highest BCUT2D eigenvalue weighted by atomic mass is 35.5. The lowest BCUT2D eigenvalue weighted by Gasteiger charge is -2.38. The van der Waals surface area contributed by atoms with Gasteiger partial charge in [-0.1, -0.05) is 12.1 Å². The summed E-state index contributed by atoms with van der Waals surface area (Å²) in [6.07, 6.45) is 5.91. The van der Waals surface area contributed by atoms with E-state index in [1.807, 2.05) is 56.8 Å². The number of nitrogens with zero attached hydrogens (tertiary/aromatic N) is 1. The van der Waals surface area contributed by atoms with Crippen LogP contribution in [0.25, 0.3) is 0 Å². The number of phenolic OH excluding ortho intramolecular Hbond substituents is 1. The Kier molecular flexibility index (Phi) is 11.1. The average Bonchev–Trinajstić information content (AvgIpc) is 2.92. The molecule has 0 amide bonds. The van der Waals surface area contributed by atoms with Gasteiger partial charge in [-0.2, -0.15) is 0 Å². The number of rotatable bonds is 11. The van der Waals surface area contributed by atoms with Crippen LogP contribution in [0.4, 0.5) is 5.69 Å². The minimum atomic E-state index is -0.179. The predicted molar refractivity (Wildman–Crippen MR) is 169 cm³/mol. The van der Waals surface area contributed by atoms with Gasteiger partial charge in [0, 0.05) is 16.2 Å². The van der Waals surface area contributed by atoms with Crippen LogP contribution in [0.1, 0.15) is 60.4 Å². The monoisotopic (exact) mass is 583 g/mol. The van der Waals surface area contributed by atoms with Gasteiger partial charge in [0.2, 0.25) is 0 Å². The molecule has 0 saturated heterocycles. The first kappa shape index (κ1) is 31.5. The van der Waals surface area contributed by atoms with Crippen LogP contribution in [0, 0.1) is 20.8 Å². The number of fused-ring (bicyclic) bond motifs is 1. The van der Waals surface area contributed by atoms with E-state index in [1.54, 1.807) is 0 Å². The molecule has 0 spiro atoms. The molecule has 0 fully saturated rings. The van der Waals surface area contributed by atoms with Crippen molar-refractivity contribution in [2.45, 2.75) is 76.7 Å². The van der Waals surface area contributed by atoms with Gasteiger partial charge < -0.3 is 26.0 Å². The number of unbranched alkanes of at least 4 members (excludes halogenated alkanes) is 1. The van der Waals surface area contributed by atoms with Gasteiger partial charge in [0.1, 0.15) is 22.8 Å². The average molecular weight is 584 g/mol. The molecule has 40 heavy (non-hydrogen) atoms. The van der Waals surface area contributed by atoms with E-state index >= 15 is 0 Å². The van der Waals surface area contributed by atoms with Crippen molar-refractivity contribution in [2.75, 3.05) is 12.4 Å². The van der Waals surface area contributed by atoms with E-state index in [2.05, 4.69) is 36.2 Å². The van der Waals surface area contributed by atoms with Crippen molar-refractivity contribution < 1.29 is 14.6 Å². The minimum Gasteiger partial charge on any atom is -0.507 e. The maximum absolute atomic E-state index is 10.4. The maximum atomic E-state index is 10.4. The Morgan fingerprint density at radius 1 is 1.00 bits per heavy atom. The summed E-state index contributed by atoms with van der Waals surface area (Å²) < 4.78 is 12.6. The quantitative estimate of drug-likeness (QED) is 0.0946. The number of hydrogen-bond acceptors (Lipinski definition) is 5. The molecule has 5 N–H and O–H groups in total. The second-order valence-electron chi connectivity index (χ2n) is 10.7. The van der Waals surface area contributed by atoms with Gasteiger partial charge in [0.25, 0.3) is 0 Å². The van der Waals surface area contributed by atoms with E-state index < -0.39 is 0 Å². The second-order valence-corrected chi connectivity index (χ2v) is 11.8. The highest BCUT2D eigenvalue weighted by Gasteiger charge is 2.34. The van der Waals surface area contributed by atoms with E-state index in [-0.39, 0.29) is 24.0 Å². The summed E-state index contributed by atoms with van der Waals surface area (Å²) in [5.41, 5.74) is 16.8. The van der Waals surface area contributed by atoms with E-state index in [0.717, 1.165) is 83.7 Å². The number of aromatic hydroxyl groups is 1. The second kappa shape index (κ2) is 14.0. The molecule has 1 aliphatic rings. The number of nitrogens with two attached hydrogens (primary N) is 2. The van der Waals surface area contributed by atoms with Gasteiger partial charge in [0.15, 0.2) is 5.96 Å². The van der Waals surface area contributed by atoms with Crippen LogP contribution >= 0.6 is 24.2 Å². The number of guanidine groups is 1. The first-order valence-corrected chi connectivity index (χ1v) is 14.7. The fourth-order valence-corrected chi connectivity index (χ4v) is 5.97. The molecule has 8 heteroatoms. The SMILES string of the molecule is Cc1c(C)c2c(c(C)c1O)CCC(C)(CCCCOc1ccc(CCSc3ccc(N=C(N)N)cc3)cc1)O2.Cl. The number of ether oxygens (including phenoxy) is 2. The third kappa shape index (κ3) is 8.01. The Bertz CT molecular complexity index is 1310. The first-order valence-electron chi connectivity index (χ1n) is 13.7. The molecule has 1 unspecified atom stereocenters. The predicted octanol–water partition coefficient (Wildman–Crippen LogP) is 7.31. The van der Waals surface area contributed by atoms with Gasteiger partial charge in [-0.25, -0.2) is 4.99 Å². The summed E-state index contributed by atoms with van der Waals surface area (Å²) >= 11 is 1.81. The maximum Gasteiger partial charge on any atom is 0.191 e. The topological polar surface area (TPSA) is 103 Å². The van der Waals surface area contributed by atoms with Crippen LogP contribution in [0.5, 0.6) is 17.2 Å². The van der Waals surface area contributed by atoms with Gasteiger partial charge in [-0.05, 0) is 125 Å². The summed E-state index contributed by atoms with van der Waals surface area (Å²) in [6.45, 7) is 8.92. The van der Waals surface area contributed by atoms with Crippen LogP contribution in [-0.4, -0.2) is 29.0 Å². The number of thioether (sulfide) groups is 1. The number of aliphatic imine (C=N–C) groups is 1. The van der Waals surface area contributed by atoms with Crippen LogP contribution in [0.15, 0.2) is 58.4 Å². The summed E-state index contributed by atoms with van der Waals surface area (Å²) in [5.74, 6) is 3.37. The lowest BCUT2D eigenvalue weighted by molar-refractivity contribution is 0.0513. The summed E-state index contributed by atoms with van der Waals surface area (Å²) in [7, 11) is 0. The van der Waals surface area contributed by atoms with Gasteiger partial charge in [0.05, 0.1) is 12.3 Å². The van der Waals surface area contributed by atoms with Gasteiger partial charge >= 0.3 is 0 Å². The summed E-state index contributed by atoms with van der Waals surface area (Å²) in [4.78, 5) is 5.24. The largest absolute Gasteiger partial charge is 0.507 e. The first-order chi connectivity index (χ1) is 18.6. The van der Waals surface area contributed by atoms with E-state index in [1.165, 1.54) is 10.5 Å². The fourth-order valence-electron chi connectivity index (χ4n) is 5.07. The van der Waals surface area contributed by atoms with Crippen molar-refractivity contribution >= 4 is 35.8 Å². The Morgan fingerprint density at radius 2 is 1.70 bits per heavy atom. The molecule has 1 aliphatic heterocycles. The normalized spacial score (nSPS) is 15.9. The van der Waals surface area contributed by atoms with Gasteiger partial charge in [-0.15, -0.1) is 24.2 Å². The molecule has 0 aliphatic carbocycles. The van der Waals surface area contributed by atoms with E-state index in [4.69, 9.17) is 20.9 Å². The molecule has 0 aromatic heterocycles. The van der Waals surface area contributed by atoms with Crippen LogP contribution in [0.2, 0.25) is 0 Å². The van der Waals surface area contributed by atoms with Gasteiger partial charge in [-0.3, -0.25) is 0 Å². The highest BCUT2D eigenvalue weighted by molar-refractivity contribution is 7.99.